The fourth-order valence-corrected chi connectivity index (χ4v) is 3.35. The minimum atomic E-state index is 0.303. The summed E-state index contributed by atoms with van der Waals surface area (Å²) >= 11 is 0. The lowest BCUT2D eigenvalue weighted by atomic mass is 9.80. The monoisotopic (exact) mass is 249 g/mol. The minimum absolute atomic E-state index is 0.303. The molecule has 100 valence electrons. The van der Waals surface area contributed by atoms with Crippen LogP contribution in [0.4, 0.5) is 0 Å². The van der Waals surface area contributed by atoms with E-state index in [9.17, 15) is 0 Å². The predicted octanol–water partition coefficient (Wildman–Crippen LogP) is 3.18. The smallest absolute Gasteiger partial charge is 0.243 e. The molecule has 1 saturated heterocycles. The van der Waals surface area contributed by atoms with E-state index < -0.39 is 0 Å². The summed E-state index contributed by atoms with van der Waals surface area (Å²) in [5.41, 5.74) is 0. The predicted molar refractivity (Wildman–Crippen MR) is 69.3 cm³/mol. The zero-order valence-corrected chi connectivity index (χ0v) is 11.2. The number of hydrogen-bond donors (Lipinski definition) is 1. The molecule has 18 heavy (non-hydrogen) atoms. The highest BCUT2D eigenvalue weighted by Gasteiger charge is 2.28. The molecule has 3 atom stereocenters. The molecule has 2 aliphatic rings. The average Bonchev–Trinajstić information content (AvgIpc) is 3.09. The highest BCUT2D eigenvalue weighted by Crippen LogP contribution is 2.36. The van der Waals surface area contributed by atoms with Crippen LogP contribution >= 0.6 is 0 Å². The van der Waals surface area contributed by atoms with Crippen LogP contribution in [0, 0.1) is 5.92 Å². The number of rotatable bonds is 3. The molecule has 2 unspecified atom stereocenters. The molecular weight excluding hydrogens is 226 g/mol. The number of nitrogens with zero attached hydrogens (tertiary/aromatic N) is 2. The number of hydrogen-bond acceptors (Lipinski definition) is 4. The Bertz CT molecular complexity index is 384. The van der Waals surface area contributed by atoms with Gasteiger partial charge in [-0.1, -0.05) is 31.3 Å². The van der Waals surface area contributed by atoms with Crippen molar-refractivity contribution in [2.24, 2.45) is 5.92 Å². The van der Waals surface area contributed by atoms with Crippen LogP contribution in [-0.2, 0) is 0 Å². The molecule has 0 radical (unpaired) electrons. The van der Waals surface area contributed by atoms with Gasteiger partial charge >= 0.3 is 0 Å². The highest BCUT2D eigenvalue weighted by molar-refractivity contribution is 5.01. The summed E-state index contributed by atoms with van der Waals surface area (Å²) in [6.07, 6.45) is 8.79. The Labute approximate surface area is 109 Å². The quantitative estimate of drug-likeness (QED) is 0.894. The summed E-state index contributed by atoms with van der Waals surface area (Å²) in [6, 6.07) is 0.303. The molecule has 0 bridgehead atoms. The molecule has 0 amide bonds. The topological polar surface area (TPSA) is 51.0 Å². The second-order valence-electron chi connectivity index (χ2n) is 5.78. The second kappa shape index (κ2) is 5.39. The summed E-state index contributed by atoms with van der Waals surface area (Å²) in [4.78, 5) is 4.64. The van der Waals surface area contributed by atoms with E-state index in [0.717, 1.165) is 30.6 Å². The summed E-state index contributed by atoms with van der Waals surface area (Å²) in [5, 5.41) is 7.64. The van der Waals surface area contributed by atoms with Crippen LogP contribution in [0.2, 0.25) is 0 Å². The van der Waals surface area contributed by atoms with Crippen LogP contribution in [0.15, 0.2) is 4.52 Å². The van der Waals surface area contributed by atoms with Crippen molar-refractivity contribution in [3.8, 4) is 0 Å². The molecule has 2 heterocycles. The van der Waals surface area contributed by atoms with Gasteiger partial charge in [-0.05, 0) is 38.1 Å². The van der Waals surface area contributed by atoms with Crippen molar-refractivity contribution in [1.82, 2.24) is 15.5 Å². The average molecular weight is 249 g/mol. The van der Waals surface area contributed by atoms with Crippen LogP contribution < -0.4 is 5.32 Å². The van der Waals surface area contributed by atoms with Gasteiger partial charge in [-0.3, -0.25) is 0 Å². The summed E-state index contributed by atoms with van der Waals surface area (Å²) in [5.74, 6) is 3.15. The lowest BCUT2D eigenvalue weighted by Crippen LogP contribution is -2.15. The van der Waals surface area contributed by atoms with E-state index >= 15 is 0 Å². The molecule has 1 aliphatic carbocycles. The van der Waals surface area contributed by atoms with Gasteiger partial charge in [0, 0.05) is 5.92 Å². The molecule has 4 heteroatoms. The van der Waals surface area contributed by atoms with Crippen molar-refractivity contribution in [1.29, 1.82) is 0 Å². The zero-order valence-electron chi connectivity index (χ0n) is 11.2. The SMILES string of the molecule is CCC1CCCC(c2noc([C@@H]3CCCN3)n2)C1. The van der Waals surface area contributed by atoms with Crippen LogP contribution in [0.3, 0.4) is 0 Å². The maximum absolute atomic E-state index is 5.45. The van der Waals surface area contributed by atoms with E-state index in [1.165, 1.54) is 38.5 Å². The Morgan fingerprint density at radius 1 is 1.28 bits per heavy atom. The highest BCUT2D eigenvalue weighted by atomic mass is 16.5. The molecule has 1 aromatic heterocycles. The molecule has 0 spiro atoms. The van der Waals surface area contributed by atoms with Crippen molar-refractivity contribution in [2.45, 2.75) is 63.8 Å². The van der Waals surface area contributed by atoms with Gasteiger partial charge in [0.2, 0.25) is 5.89 Å². The van der Waals surface area contributed by atoms with E-state index in [1.54, 1.807) is 0 Å². The first-order chi connectivity index (χ1) is 8.86. The Morgan fingerprint density at radius 2 is 2.22 bits per heavy atom. The third-order valence-corrected chi connectivity index (χ3v) is 4.54. The van der Waals surface area contributed by atoms with Crippen molar-refractivity contribution >= 4 is 0 Å². The van der Waals surface area contributed by atoms with Gasteiger partial charge in [0.15, 0.2) is 5.82 Å². The van der Waals surface area contributed by atoms with E-state index in [-0.39, 0.29) is 0 Å². The van der Waals surface area contributed by atoms with Gasteiger partial charge in [0.1, 0.15) is 0 Å². The Morgan fingerprint density at radius 3 is 3.00 bits per heavy atom. The van der Waals surface area contributed by atoms with Gasteiger partial charge in [-0.25, -0.2) is 0 Å². The second-order valence-corrected chi connectivity index (χ2v) is 5.78. The molecule has 1 N–H and O–H groups in total. The van der Waals surface area contributed by atoms with Crippen LogP contribution in [0.5, 0.6) is 0 Å². The molecule has 1 saturated carbocycles. The molecule has 0 aromatic carbocycles. The first kappa shape index (κ1) is 12.2. The lowest BCUT2D eigenvalue weighted by Gasteiger charge is -2.26. The van der Waals surface area contributed by atoms with Gasteiger partial charge in [-0.15, -0.1) is 0 Å². The van der Waals surface area contributed by atoms with Crippen molar-refractivity contribution in [3.05, 3.63) is 11.7 Å². The van der Waals surface area contributed by atoms with Crippen molar-refractivity contribution in [3.63, 3.8) is 0 Å². The number of nitrogens with one attached hydrogen (secondary N) is 1. The van der Waals surface area contributed by atoms with Gasteiger partial charge in [0.05, 0.1) is 6.04 Å². The standard InChI is InChI=1S/C14H23N3O/c1-2-10-5-3-6-11(9-10)13-16-14(18-17-13)12-7-4-8-15-12/h10-12,15H,2-9H2,1H3/t10?,11?,12-/m0/s1. The fourth-order valence-electron chi connectivity index (χ4n) is 3.35. The van der Waals surface area contributed by atoms with Crippen LogP contribution in [0.25, 0.3) is 0 Å². The maximum Gasteiger partial charge on any atom is 0.243 e. The van der Waals surface area contributed by atoms with Gasteiger partial charge in [-0.2, -0.15) is 4.98 Å². The molecule has 4 nitrogen and oxygen atoms in total. The number of aromatic nitrogens is 2. The van der Waals surface area contributed by atoms with Crippen LogP contribution in [0.1, 0.15) is 75.5 Å². The van der Waals surface area contributed by atoms with Crippen molar-refractivity contribution < 1.29 is 4.52 Å². The Hall–Kier alpha value is -0.900. The summed E-state index contributed by atoms with van der Waals surface area (Å²) in [7, 11) is 0. The molecular formula is C14H23N3O. The Kier molecular flexibility index (Phi) is 3.64. The van der Waals surface area contributed by atoms with E-state index in [1.807, 2.05) is 0 Å². The Balaban J connectivity index is 1.68. The van der Waals surface area contributed by atoms with E-state index in [2.05, 4.69) is 22.4 Å². The van der Waals surface area contributed by atoms with E-state index in [4.69, 9.17) is 4.52 Å². The largest absolute Gasteiger partial charge is 0.338 e. The first-order valence-electron chi connectivity index (χ1n) is 7.43. The molecule has 1 aromatic rings. The maximum atomic E-state index is 5.45. The third kappa shape index (κ3) is 2.44. The fraction of sp³-hybridized carbons (Fsp3) is 0.857. The zero-order chi connectivity index (χ0) is 12.4. The minimum Gasteiger partial charge on any atom is -0.338 e. The van der Waals surface area contributed by atoms with Crippen LogP contribution in [-0.4, -0.2) is 16.7 Å². The summed E-state index contributed by atoms with van der Waals surface area (Å²) in [6.45, 7) is 3.36. The van der Waals surface area contributed by atoms with Gasteiger partial charge < -0.3 is 9.84 Å². The van der Waals surface area contributed by atoms with Crippen molar-refractivity contribution in [2.75, 3.05) is 6.54 Å². The normalized spacial score (nSPS) is 32.8. The van der Waals surface area contributed by atoms with E-state index in [0.29, 0.717) is 12.0 Å². The first-order valence-corrected chi connectivity index (χ1v) is 7.43. The molecule has 1 aliphatic heterocycles. The molecule has 3 rings (SSSR count). The summed E-state index contributed by atoms with van der Waals surface area (Å²) < 4.78 is 5.45. The van der Waals surface area contributed by atoms with Gasteiger partial charge in [0.25, 0.3) is 0 Å². The lowest BCUT2D eigenvalue weighted by molar-refractivity contribution is 0.295. The third-order valence-electron chi connectivity index (χ3n) is 4.54. The molecule has 2 fully saturated rings.